The molecule has 0 radical (unpaired) electrons. The van der Waals surface area contributed by atoms with Crippen molar-refractivity contribution >= 4 is 29.4 Å². The molecule has 10 nitrogen and oxygen atoms in total. The van der Waals surface area contributed by atoms with Gasteiger partial charge >= 0.3 is 5.97 Å². The van der Waals surface area contributed by atoms with Gasteiger partial charge in [-0.25, -0.2) is 4.79 Å². The van der Waals surface area contributed by atoms with Crippen LogP contribution < -0.4 is 20.7 Å². The van der Waals surface area contributed by atoms with Crippen LogP contribution in [0.25, 0.3) is 0 Å². The molecule has 1 aliphatic carbocycles. The first-order valence-electron chi connectivity index (χ1n) is 15.1. The molecule has 1 fully saturated rings. The average Bonchev–Trinajstić information content (AvgIpc) is 3.01. The highest BCUT2D eigenvalue weighted by molar-refractivity contribution is 5.93. The van der Waals surface area contributed by atoms with Crippen molar-refractivity contribution in [2.75, 3.05) is 26.0 Å². The summed E-state index contributed by atoms with van der Waals surface area (Å²) in [6.07, 6.45) is 5.52. The number of carbonyl (C=O) groups excluding carboxylic acids is 3. The van der Waals surface area contributed by atoms with Gasteiger partial charge in [0, 0.05) is 19.2 Å². The van der Waals surface area contributed by atoms with Gasteiger partial charge in [-0.2, -0.15) is 0 Å². The molecule has 2 aromatic carbocycles. The van der Waals surface area contributed by atoms with Gasteiger partial charge in [-0.3, -0.25) is 14.4 Å². The number of carboxylic acid groups (broad SMARTS) is 1. The second-order valence-corrected chi connectivity index (χ2v) is 11.7. The molecular weight excluding hydrogens is 548 g/mol. The van der Waals surface area contributed by atoms with Crippen LogP contribution >= 0.6 is 0 Å². The Morgan fingerprint density at radius 3 is 2.21 bits per heavy atom. The van der Waals surface area contributed by atoms with Crippen molar-refractivity contribution < 1.29 is 29.0 Å². The minimum Gasteiger partial charge on any atom is -0.497 e. The molecule has 0 aliphatic heterocycles. The number of nitrogens with zero attached hydrogens (tertiary/aromatic N) is 1. The highest BCUT2D eigenvalue weighted by atomic mass is 16.5. The van der Waals surface area contributed by atoms with Crippen LogP contribution in [0.15, 0.2) is 54.6 Å². The first-order chi connectivity index (χ1) is 20.6. The number of ether oxygens (including phenoxy) is 1. The van der Waals surface area contributed by atoms with Gasteiger partial charge in [0.05, 0.1) is 13.7 Å². The van der Waals surface area contributed by atoms with Crippen LogP contribution in [0.1, 0.15) is 57.9 Å². The number of methoxy groups -OCH3 is 1. The zero-order valence-corrected chi connectivity index (χ0v) is 25.7. The van der Waals surface area contributed by atoms with Gasteiger partial charge < -0.3 is 30.7 Å². The van der Waals surface area contributed by atoms with Crippen molar-refractivity contribution in [2.24, 2.45) is 11.8 Å². The molecule has 0 aromatic heterocycles. The van der Waals surface area contributed by atoms with Gasteiger partial charge in [0.15, 0.2) is 0 Å². The summed E-state index contributed by atoms with van der Waals surface area (Å²) in [4.78, 5) is 53.3. The van der Waals surface area contributed by atoms with E-state index in [9.17, 15) is 24.3 Å². The Morgan fingerprint density at radius 1 is 0.977 bits per heavy atom. The molecule has 0 bridgehead atoms. The molecular formula is C33H46N4O6. The summed E-state index contributed by atoms with van der Waals surface area (Å²) >= 11 is 0. The maximum Gasteiger partial charge on any atom is 0.326 e. The molecule has 2 aromatic rings. The molecule has 1 unspecified atom stereocenters. The van der Waals surface area contributed by atoms with E-state index in [1.54, 1.807) is 7.11 Å². The van der Waals surface area contributed by atoms with E-state index in [0.717, 1.165) is 43.4 Å². The fourth-order valence-electron chi connectivity index (χ4n) is 5.57. The number of benzene rings is 2. The number of anilines is 1. The van der Waals surface area contributed by atoms with Gasteiger partial charge in [-0.05, 0) is 60.9 Å². The normalized spacial score (nSPS) is 15.6. The van der Waals surface area contributed by atoms with Crippen molar-refractivity contribution in [3.63, 3.8) is 0 Å². The van der Waals surface area contributed by atoms with Crippen molar-refractivity contribution in [1.82, 2.24) is 15.5 Å². The molecule has 3 atom stereocenters. The summed E-state index contributed by atoms with van der Waals surface area (Å²) in [6, 6.07) is 14.0. The third-order valence-electron chi connectivity index (χ3n) is 7.95. The molecule has 0 spiro atoms. The van der Waals surface area contributed by atoms with Crippen LogP contribution in [-0.2, 0) is 25.6 Å². The van der Waals surface area contributed by atoms with Gasteiger partial charge in [0.25, 0.3) is 0 Å². The largest absolute Gasteiger partial charge is 0.497 e. The number of hydrogen-bond acceptors (Lipinski definition) is 6. The number of likely N-dealkylation sites (N-methyl/N-ethyl adjacent to an activating group) is 1. The lowest BCUT2D eigenvalue weighted by atomic mass is 9.83. The van der Waals surface area contributed by atoms with Crippen molar-refractivity contribution in [2.45, 2.75) is 76.9 Å². The summed E-state index contributed by atoms with van der Waals surface area (Å²) in [5.74, 6) is -1.53. The Kier molecular flexibility index (Phi) is 12.8. The first kappa shape index (κ1) is 33.4. The van der Waals surface area contributed by atoms with Crippen molar-refractivity contribution in [1.29, 1.82) is 0 Å². The number of hydrogen-bond donors (Lipinski definition) is 4. The van der Waals surface area contributed by atoms with E-state index in [1.807, 2.05) is 68.4 Å². The van der Waals surface area contributed by atoms with Crippen LogP contribution in [0, 0.1) is 11.8 Å². The maximum atomic E-state index is 13.6. The van der Waals surface area contributed by atoms with Crippen LogP contribution in [0.4, 0.5) is 5.69 Å². The molecule has 0 saturated heterocycles. The van der Waals surface area contributed by atoms with E-state index in [4.69, 9.17) is 4.74 Å². The van der Waals surface area contributed by atoms with Gasteiger partial charge in [-0.1, -0.05) is 63.4 Å². The second kappa shape index (κ2) is 16.5. The molecule has 3 amide bonds. The smallest absolute Gasteiger partial charge is 0.326 e. The summed E-state index contributed by atoms with van der Waals surface area (Å²) in [7, 11) is 3.05. The minimum absolute atomic E-state index is 0.0531. The Balaban J connectivity index is 1.71. The molecule has 3 rings (SSSR count). The van der Waals surface area contributed by atoms with E-state index < -0.39 is 35.9 Å². The molecule has 4 N–H and O–H groups in total. The zero-order valence-electron chi connectivity index (χ0n) is 25.7. The number of amides is 3. The lowest BCUT2D eigenvalue weighted by Gasteiger charge is -2.31. The van der Waals surface area contributed by atoms with Gasteiger partial charge in [0.2, 0.25) is 17.7 Å². The average molecular weight is 595 g/mol. The minimum atomic E-state index is -1.10. The van der Waals surface area contributed by atoms with Crippen LogP contribution in [0.2, 0.25) is 0 Å². The summed E-state index contributed by atoms with van der Waals surface area (Å²) in [5.41, 5.74) is 1.59. The predicted molar refractivity (Wildman–Crippen MR) is 166 cm³/mol. The van der Waals surface area contributed by atoms with E-state index in [1.165, 1.54) is 11.9 Å². The van der Waals surface area contributed by atoms with Crippen LogP contribution in [0.3, 0.4) is 0 Å². The third-order valence-corrected chi connectivity index (χ3v) is 7.95. The molecule has 1 aliphatic rings. The first-order valence-corrected chi connectivity index (χ1v) is 15.1. The van der Waals surface area contributed by atoms with Crippen molar-refractivity contribution in [3.05, 3.63) is 60.2 Å². The van der Waals surface area contributed by atoms with E-state index in [2.05, 4.69) is 16.0 Å². The fourth-order valence-corrected chi connectivity index (χ4v) is 5.57. The second-order valence-electron chi connectivity index (χ2n) is 11.7. The van der Waals surface area contributed by atoms with Gasteiger partial charge in [-0.15, -0.1) is 0 Å². The quantitative estimate of drug-likeness (QED) is 0.246. The maximum absolute atomic E-state index is 13.6. The number of carbonyl (C=O) groups is 4. The Bertz CT molecular complexity index is 1200. The summed E-state index contributed by atoms with van der Waals surface area (Å²) in [5, 5.41) is 18.7. The monoisotopic (exact) mass is 594 g/mol. The topological polar surface area (TPSA) is 137 Å². The molecule has 234 valence electrons. The van der Waals surface area contributed by atoms with Crippen LogP contribution in [0.5, 0.6) is 5.75 Å². The van der Waals surface area contributed by atoms with E-state index in [-0.39, 0.29) is 37.1 Å². The Morgan fingerprint density at radius 2 is 1.63 bits per heavy atom. The highest BCUT2D eigenvalue weighted by Crippen LogP contribution is 2.29. The van der Waals surface area contributed by atoms with Crippen molar-refractivity contribution in [3.8, 4) is 5.75 Å². The lowest BCUT2D eigenvalue weighted by Crippen LogP contribution is -2.55. The Labute approximate surface area is 254 Å². The summed E-state index contributed by atoms with van der Waals surface area (Å²) in [6.45, 7) is 3.47. The standard InChI is InChI=1S/C33H46N4O6/c1-22(2)19-28(33(41)42)37(3)32(40)27(20-23-11-7-5-8-12-23)36-29(38)21-34-31(39)30(24-13-9-6-10-14-24)35-25-15-17-26(43-4)18-16-25/h5,7-8,11-12,15-18,22,24,27-28,30,35H,6,9-10,13-14,19-21H2,1-4H3,(H,34,39)(H,36,38)(H,41,42)/t27-,28-,30?/m0/s1. The fraction of sp³-hybridized carbons (Fsp3) is 0.515. The predicted octanol–water partition coefficient (Wildman–Crippen LogP) is 3.86. The highest BCUT2D eigenvalue weighted by Gasteiger charge is 2.33. The van der Waals surface area contributed by atoms with E-state index >= 15 is 0 Å². The molecule has 0 heterocycles. The number of nitrogens with one attached hydrogen (secondary N) is 3. The SMILES string of the molecule is COc1ccc(NC(C(=O)NCC(=O)N[C@@H](Cc2ccccc2)C(=O)N(C)[C@@H](CC(C)C)C(=O)O)C2CCCCC2)cc1. The van der Waals surface area contributed by atoms with E-state index in [0.29, 0.717) is 5.75 Å². The van der Waals surface area contributed by atoms with Crippen LogP contribution in [-0.4, -0.2) is 72.5 Å². The molecule has 43 heavy (non-hydrogen) atoms. The molecule has 1 saturated carbocycles. The summed E-state index contributed by atoms with van der Waals surface area (Å²) < 4.78 is 5.24. The number of aliphatic carboxylic acids is 1. The van der Waals surface area contributed by atoms with Gasteiger partial charge in [0.1, 0.15) is 23.9 Å². The third kappa shape index (κ3) is 10.3. The number of carboxylic acids is 1. The lowest BCUT2D eigenvalue weighted by molar-refractivity contribution is -0.150. The zero-order chi connectivity index (χ0) is 31.4. The Hall–Kier alpha value is -4.08. The number of rotatable bonds is 15. The molecule has 10 heteroatoms.